The molecular formula is C10H13ClOS. The molecule has 13 heavy (non-hydrogen) atoms. The van der Waals surface area contributed by atoms with Crippen LogP contribution < -0.4 is 4.74 Å². The number of rotatable bonds is 3. The lowest BCUT2D eigenvalue weighted by atomic mass is 10.0. The van der Waals surface area contributed by atoms with Crippen molar-refractivity contribution in [2.24, 2.45) is 5.41 Å². The van der Waals surface area contributed by atoms with Crippen molar-refractivity contribution in [3.8, 4) is 5.06 Å². The van der Waals surface area contributed by atoms with Crippen LogP contribution in [0.15, 0.2) is 12.1 Å². The van der Waals surface area contributed by atoms with Crippen LogP contribution in [0.3, 0.4) is 0 Å². The monoisotopic (exact) mass is 216 g/mol. The molecule has 1 atom stereocenters. The van der Waals surface area contributed by atoms with Gasteiger partial charge in [0.2, 0.25) is 0 Å². The van der Waals surface area contributed by atoms with Gasteiger partial charge in [0.15, 0.2) is 5.06 Å². The Morgan fingerprint density at radius 3 is 2.69 bits per heavy atom. The first kappa shape index (κ1) is 9.35. The van der Waals surface area contributed by atoms with Crippen molar-refractivity contribution in [1.29, 1.82) is 0 Å². The third-order valence-electron chi connectivity index (χ3n) is 2.70. The standard InChI is InChI=1S/C10H13ClOS/c1-10(5-6-10)9(11)7-3-4-8(12-2)13-7/h3-4,9H,5-6H2,1-2H3. The molecule has 0 bridgehead atoms. The summed E-state index contributed by atoms with van der Waals surface area (Å²) in [7, 11) is 1.69. The molecule has 1 aliphatic carbocycles. The third kappa shape index (κ3) is 1.70. The van der Waals surface area contributed by atoms with Crippen molar-refractivity contribution < 1.29 is 4.74 Å². The van der Waals surface area contributed by atoms with E-state index in [4.69, 9.17) is 16.3 Å². The second-order valence-electron chi connectivity index (χ2n) is 3.88. The number of halogens is 1. The Labute approximate surface area is 87.7 Å². The van der Waals surface area contributed by atoms with E-state index in [1.54, 1.807) is 18.4 Å². The number of ether oxygens (including phenoxy) is 1. The summed E-state index contributed by atoms with van der Waals surface area (Å²) in [5.74, 6) is 0. The van der Waals surface area contributed by atoms with Gasteiger partial charge in [-0.2, -0.15) is 0 Å². The Hall–Kier alpha value is -0.210. The normalized spacial score (nSPS) is 21.2. The lowest BCUT2D eigenvalue weighted by molar-refractivity contribution is 0.427. The van der Waals surface area contributed by atoms with Crippen molar-refractivity contribution in [3.05, 3.63) is 17.0 Å². The Bertz CT molecular complexity index is 304. The van der Waals surface area contributed by atoms with Crippen LogP contribution in [-0.2, 0) is 0 Å². The van der Waals surface area contributed by atoms with Gasteiger partial charge in [-0.15, -0.1) is 22.9 Å². The zero-order chi connectivity index (χ0) is 9.47. The molecule has 2 rings (SSSR count). The van der Waals surface area contributed by atoms with Gasteiger partial charge >= 0.3 is 0 Å². The fourth-order valence-electron chi connectivity index (χ4n) is 1.37. The zero-order valence-electron chi connectivity index (χ0n) is 7.84. The smallest absolute Gasteiger partial charge is 0.173 e. The van der Waals surface area contributed by atoms with Crippen LogP contribution >= 0.6 is 22.9 Å². The number of methoxy groups -OCH3 is 1. The quantitative estimate of drug-likeness (QED) is 0.698. The van der Waals surface area contributed by atoms with Crippen LogP contribution in [0.25, 0.3) is 0 Å². The van der Waals surface area contributed by atoms with E-state index in [2.05, 4.69) is 13.0 Å². The topological polar surface area (TPSA) is 9.23 Å². The molecule has 0 saturated heterocycles. The van der Waals surface area contributed by atoms with Gasteiger partial charge in [0.05, 0.1) is 12.5 Å². The first-order valence-electron chi connectivity index (χ1n) is 4.43. The maximum atomic E-state index is 6.37. The summed E-state index contributed by atoms with van der Waals surface area (Å²) in [6.07, 6.45) is 2.50. The predicted octanol–water partition coefficient (Wildman–Crippen LogP) is 3.84. The van der Waals surface area contributed by atoms with E-state index in [-0.39, 0.29) is 5.38 Å². The molecule has 1 aliphatic rings. The van der Waals surface area contributed by atoms with E-state index in [0.29, 0.717) is 5.41 Å². The summed E-state index contributed by atoms with van der Waals surface area (Å²) in [5.41, 5.74) is 0.345. The molecular weight excluding hydrogens is 204 g/mol. The molecule has 0 aliphatic heterocycles. The Morgan fingerprint density at radius 1 is 1.54 bits per heavy atom. The molecule has 1 aromatic rings. The zero-order valence-corrected chi connectivity index (χ0v) is 9.41. The van der Waals surface area contributed by atoms with Crippen LogP contribution in [0.4, 0.5) is 0 Å². The molecule has 3 heteroatoms. The number of hydrogen-bond donors (Lipinski definition) is 0. The highest BCUT2D eigenvalue weighted by Crippen LogP contribution is 2.58. The van der Waals surface area contributed by atoms with E-state index < -0.39 is 0 Å². The summed E-state index contributed by atoms with van der Waals surface area (Å²) in [6, 6.07) is 4.06. The Kier molecular flexibility index (Phi) is 2.28. The van der Waals surface area contributed by atoms with Gasteiger partial charge in [0.25, 0.3) is 0 Å². The SMILES string of the molecule is COc1ccc(C(Cl)C2(C)CC2)s1. The number of thiophene rings is 1. The summed E-state index contributed by atoms with van der Waals surface area (Å²) in [4.78, 5) is 1.23. The fraction of sp³-hybridized carbons (Fsp3) is 0.600. The summed E-state index contributed by atoms with van der Waals surface area (Å²) in [5, 5.41) is 1.12. The highest BCUT2D eigenvalue weighted by Gasteiger charge is 2.45. The van der Waals surface area contributed by atoms with Gasteiger partial charge in [-0.05, 0) is 30.4 Å². The predicted molar refractivity (Wildman–Crippen MR) is 56.8 cm³/mol. The van der Waals surface area contributed by atoms with E-state index in [9.17, 15) is 0 Å². The minimum atomic E-state index is 0.168. The molecule has 1 unspecified atom stereocenters. The minimum absolute atomic E-state index is 0.168. The van der Waals surface area contributed by atoms with Gasteiger partial charge in [0.1, 0.15) is 0 Å². The molecule has 0 amide bonds. The molecule has 0 radical (unpaired) electrons. The van der Waals surface area contributed by atoms with Crippen molar-refractivity contribution in [2.45, 2.75) is 25.1 Å². The molecule has 72 valence electrons. The maximum Gasteiger partial charge on any atom is 0.173 e. The molecule has 1 saturated carbocycles. The van der Waals surface area contributed by atoms with E-state index >= 15 is 0 Å². The first-order valence-corrected chi connectivity index (χ1v) is 5.69. The molecule has 0 spiro atoms. The first-order chi connectivity index (χ1) is 6.15. The van der Waals surface area contributed by atoms with Crippen molar-refractivity contribution in [3.63, 3.8) is 0 Å². The van der Waals surface area contributed by atoms with E-state index in [1.807, 2.05) is 6.07 Å². The van der Waals surface area contributed by atoms with Gasteiger partial charge < -0.3 is 4.74 Å². The summed E-state index contributed by atoms with van der Waals surface area (Å²) in [6.45, 7) is 2.25. The number of hydrogen-bond acceptors (Lipinski definition) is 2. The summed E-state index contributed by atoms with van der Waals surface area (Å²) >= 11 is 8.02. The molecule has 0 N–H and O–H groups in total. The van der Waals surface area contributed by atoms with Crippen LogP contribution in [0.1, 0.15) is 30.0 Å². The van der Waals surface area contributed by atoms with Crippen LogP contribution in [0.2, 0.25) is 0 Å². The number of alkyl halides is 1. The Balaban J connectivity index is 2.15. The van der Waals surface area contributed by atoms with Crippen molar-refractivity contribution >= 4 is 22.9 Å². The third-order valence-corrected chi connectivity index (χ3v) is 4.71. The van der Waals surface area contributed by atoms with E-state index in [0.717, 1.165) is 5.06 Å². The minimum Gasteiger partial charge on any atom is -0.487 e. The Morgan fingerprint density at radius 2 is 2.23 bits per heavy atom. The molecule has 1 heterocycles. The maximum absolute atomic E-state index is 6.37. The van der Waals surface area contributed by atoms with Crippen LogP contribution in [0, 0.1) is 5.41 Å². The van der Waals surface area contributed by atoms with Gasteiger partial charge in [-0.1, -0.05) is 6.92 Å². The lowest BCUT2D eigenvalue weighted by Crippen LogP contribution is -2.01. The largest absolute Gasteiger partial charge is 0.487 e. The molecule has 0 aromatic carbocycles. The molecule has 1 fully saturated rings. The second-order valence-corrected chi connectivity index (χ2v) is 5.39. The molecule has 1 aromatic heterocycles. The van der Waals surface area contributed by atoms with E-state index in [1.165, 1.54) is 17.7 Å². The average molecular weight is 217 g/mol. The van der Waals surface area contributed by atoms with Crippen molar-refractivity contribution in [1.82, 2.24) is 0 Å². The second kappa shape index (κ2) is 3.18. The van der Waals surface area contributed by atoms with Crippen LogP contribution in [0.5, 0.6) is 5.06 Å². The van der Waals surface area contributed by atoms with Gasteiger partial charge in [-0.25, -0.2) is 0 Å². The summed E-state index contributed by atoms with van der Waals surface area (Å²) < 4.78 is 5.14. The average Bonchev–Trinajstić information content (AvgIpc) is 2.71. The van der Waals surface area contributed by atoms with Crippen LogP contribution in [-0.4, -0.2) is 7.11 Å². The van der Waals surface area contributed by atoms with Crippen molar-refractivity contribution in [2.75, 3.05) is 7.11 Å². The molecule has 1 nitrogen and oxygen atoms in total. The van der Waals surface area contributed by atoms with Gasteiger partial charge in [0, 0.05) is 4.88 Å². The fourth-order valence-corrected chi connectivity index (χ4v) is 2.77. The van der Waals surface area contributed by atoms with Gasteiger partial charge in [-0.3, -0.25) is 0 Å². The lowest BCUT2D eigenvalue weighted by Gasteiger charge is -2.13. The highest BCUT2D eigenvalue weighted by atomic mass is 35.5. The highest BCUT2D eigenvalue weighted by molar-refractivity contribution is 7.14.